The number of rotatable bonds is 4. The van der Waals surface area contributed by atoms with Gasteiger partial charge in [0.15, 0.2) is 0 Å². The van der Waals surface area contributed by atoms with E-state index in [-0.39, 0.29) is 11.8 Å². The van der Waals surface area contributed by atoms with Crippen molar-refractivity contribution in [3.63, 3.8) is 0 Å². The maximum atomic E-state index is 11.4. The van der Waals surface area contributed by atoms with Crippen molar-refractivity contribution in [3.8, 4) is 0 Å². The van der Waals surface area contributed by atoms with Crippen molar-refractivity contribution in [2.75, 3.05) is 12.4 Å². The fourth-order valence-electron chi connectivity index (χ4n) is 1.27. The van der Waals surface area contributed by atoms with Gasteiger partial charge in [0.05, 0.1) is 0 Å². The fourth-order valence-corrected chi connectivity index (χ4v) is 1.57. The minimum absolute atomic E-state index is 0.0292. The summed E-state index contributed by atoms with van der Waals surface area (Å²) in [5, 5.41) is 0.700. The average molecular weight is 246 g/mol. The van der Waals surface area contributed by atoms with E-state index in [1.807, 2.05) is 31.2 Å². The summed E-state index contributed by atoms with van der Waals surface area (Å²) in [5.41, 5.74) is 1.06. The summed E-state index contributed by atoms with van der Waals surface area (Å²) < 4.78 is 0. The second-order valence-corrected chi connectivity index (χ2v) is 3.87. The lowest BCUT2D eigenvalue weighted by molar-refractivity contribution is -0.128. The molecule has 0 heterocycles. The van der Waals surface area contributed by atoms with Crippen molar-refractivity contribution in [2.24, 2.45) is 0 Å². The quantitative estimate of drug-likeness (QED) is 0.748. The summed E-state index contributed by atoms with van der Waals surface area (Å²) in [5.74, 6) is -0.0179. The molecule has 0 aliphatic rings. The van der Waals surface area contributed by atoms with Crippen LogP contribution in [0.15, 0.2) is 24.3 Å². The first-order valence-corrected chi connectivity index (χ1v) is 5.66. The predicted molar refractivity (Wildman–Crippen MR) is 63.3 cm³/mol. The van der Waals surface area contributed by atoms with E-state index >= 15 is 0 Å². The van der Waals surface area contributed by atoms with E-state index in [1.54, 1.807) is 4.90 Å². The van der Waals surface area contributed by atoms with Gasteiger partial charge in [0.25, 0.3) is 0 Å². The summed E-state index contributed by atoms with van der Waals surface area (Å²) in [7, 11) is 0. The topological polar surface area (TPSA) is 20.3 Å². The molecule has 0 bridgehead atoms. The number of carbonyl (C=O) groups is 1. The molecule has 0 fully saturated rings. The molecule has 1 aromatic carbocycles. The molecule has 0 aliphatic carbocycles. The van der Waals surface area contributed by atoms with E-state index in [2.05, 4.69) is 0 Å². The Hall–Kier alpha value is -0.730. The van der Waals surface area contributed by atoms with Gasteiger partial charge in [0.1, 0.15) is 5.88 Å². The van der Waals surface area contributed by atoms with Gasteiger partial charge in [0.2, 0.25) is 5.91 Å². The zero-order valence-electron chi connectivity index (χ0n) is 8.54. The number of hydrogen-bond acceptors (Lipinski definition) is 1. The minimum atomic E-state index is -0.0471. The van der Waals surface area contributed by atoms with Crippen LogP contribution in [0, 0.1) is 0 Å². The molecule has 1 aromatic rings. The Morgan fingerprint density at radius 2 is 1.93 bits per heavy atom. The Morgan fingerprint density at radius 1 is 1.33 bits per heavy atom. The van der Waals surface area contributed by atoms with Gasteiger partial charge in [-0.25, -0.2) is 0 Å². The summed E-state index contributed by atoms with van der Waals surface area (Å²) >= 11 is 11.3. The maximum absolute atomic E-state index is 11.4. The number of nitrogens with zero attached hydrogens (tertiary/aromatic N) is 1. The van der Waals surface area contributed by atoms with Crippen LogP contribution in [0.4, 0.5) is 0 Å². The van der Waals surface area contributed by atoms with Crippen molar-refractivity contribution in [1.82, 2.24) is 4.90 Å². The number of halogens is 2. The van der Waals surface area contributed by atoms with Gasteiger partial charge in [-0.15, -0.1) is 11.6 Å². The van der Waals surface area contributed by atoms with Crippen LogP contribution in [-0.4, -0.2) is 23.2 Å². The van der Waals surface area contributed by atoms with Gasteiger partial charge in [-0.1, -0.05) is 23.7 Å². The van der Waals surface area contributed by atoms with E-state index < -0.39 is 0 Å². The fraction of sp³-hybridized carbons (Fsp3) is 0.364. The van der Waals surface area contributed by atoms with Gasteiger partial charge >= 0.3 is 0 Å². The normalized spacial score (nSPS) is 10.1. The Bertz CT molecular complexity index is 324. The molecule has 0 saturated carbocycles. The molecule has 1 rings (SSSR count). The molecule has 0 aromatic heterocycles. The van der Waals surface area contributed by atoms with Crippen molar-refractivity contribution in [2.45, 2.75) is 13.5 Å². The molecule has 0 N–H and O–H groups in total. The monoisotopic (exact) mass is 245 g/mol. The van der Waals surface area contributed by atoms with Crippen molar-refractivity contribution < 1.29 is 4.79 Å². The lowest BCUT2D eigenvalue weighted by Gasteiger charge is -2.19. The van der Waals surface area contributed by atoms with Crippen LogP contribution in [0.25, 0.3) is 0 Å². The first-order chi connectivity index (χ1) is 7.17. The van der Waals surface area contributed by atoms with E-state index in [9.17, 15) is 4.79 Å². The van der Waals surface area contributed by atoms with Gasteiger partial charge in [0, 0.05) is 18.1 Å². The standard InChI is InChI=1S/C11H13Cl2NO/c1-2-14(11(15)7-12)8-9-3-5-10(13)6-4-9/h3-6H,2,7-8H2,1H3. The zero-order valence-corrected chi connectivity index (χ0v) is 10.1. The Kier molecular flexibility index (Phi) is 4.92. The van der Waals surface area contributed by atoms with E-state index in [0.717, 1.165) is 5.56 Å². The number of carbonyl (C=O) groups excluding carboxylic acids is 1. The second kappa shape index (κ2) is 5.99. The summed E-state index contributed by atoms with van der Waals surface area (Å²) in [4.78, 5) is 13.1. The molecule has 0 unspecified atom stereocenters. The first kappa shape index (κ1) is 12.3. The molecule has 15 heavy (non-hydrogen) atoms. The van der Waals surface area contributed by atoms with E-state index in [1.165, 1.54) is 0 Å². The van der Waals surface area contributed by atoms with Crippen LogP contribution in [0.3, 0.4) is 0 Å². The van der Waals surface area contributed by atoms with Crippen LogP contribution in [0.5, 0.6) is 0 Å². The molecule has 0 radical (unpaired) electrons. The number of benzene rings is 1. The molecule has 0 aliphatic heterocycles. The molecule has 4 heteroatoms. The average Bonchev–Trinajstić information content (AvgIpc) is 2.27. The molecule has 82 valence electrons. The number of alkyl halides is 1. The van der Waals surface area contributed by atoms with Crippen LogP contribution < -0.4 is 0 Å². The lowest BCUT2D eigenvalue weighted by atomic mass is 10.2. The summed E-state index contributed by atoms with van der Waals surface area (Å²) in [6.45, 7) is 3.17. The Labute approximate surface area is 99.8 Å². The van der Waals surface area contributed by atoms with E-state index in [4.69, 9.17) is 23.2 Å². The van der Waals surface area contributed by atoms with Gasteiger partial charge in [-0.3, -0.25) is 4.79 Å². The zero-order chi connectivity index (χ0) is 11.3. The highest BCUT2D eigenvalue weighted by molar-refractivity contribution is 6.30. The largest absolute Gasteiger partial charge is 0.338 e. The highest BCUT2D eigenvalue weighted by Crippen LogP contribution is 2.11. The maximum Gasteiger partial charge on any atom is 0.237 e. The first-order valence-electron chi connectivity index (χ1n) is 4.75. The second-order valence-electron chi connectivity index (χ2n) is 3.17. The van der Waals surface area contributed by atoms with Crippen LogP contribution in [0.2, 0.25) is 5.02 Å². The van der Waals surface area contributed by atoms with Crippen LogP contribution in [0.1, 0.15) is 12.5 Å². The molecular formula is C11H13Cl2NO. The highest BCUT2D eigenvalue weighted by Gasteiger charge is 2.10. The minimum Gasteiger partial charge on any atom is -0.338 e. The van der Waals surface area contributed by atoms with Gasteiger partial charge in [-0.05, 0) is 24.6 Å². The summed E-state index contributed by atoms with van der Waals surface area (Å²) in [6.07, 6.45) is 0. The van der Waals surface area contributed by atoms with Crippen molar-refractivity contribution in [1.29, 1.82) is 0 Å². The number of amides is 1. The van der Waals surface area contributed by atoms with Gasteiger partial charge < -0.3 is 4.90 Å². The molecule has 1 amide bonds. The van der Waals surface area contributed by atoms with E-state index in [0.29, 0.717) is 18.1 Å². The third kappa shape index (κ3) is 3.73. The Balaban J connectivity index is 2.66. The highest BCUT2D eigenvalue weighted by atomic mass is 35.5. The molecule has 2 nitrogen and oxygen atoms in total. The SMILES string of the molecule is CCN(Cc1ccc(Cl)cc1)C(=O)CCl. The Morgan fingerprint density at radius 3 is 2.40 bits per heavy atom. The molecule has 0 atom stereocenters. The third-order valence-corrected chi connectivity index (χ3v) is 2.62. The molecule has 0 spiro atoms. The smallest absolute Gasteiger partial charge is 0.237 e. The van der Waals surface area contributed by atoms with Crippen LogP contribution >= 0.6 is 23.2 Å². The van der Waals surface area contributed by atoms with Crippen molar-refractivity contribution >= 4 is 29.1 Å². The van der Waals surface area contributed by atoms with Gasteiger partial charge in [-0.2, -0.15) is 0 Å². The summed E-state index contributed by atoms with van der Waals surface area (Å²) in [6, 6.07) is 7.45. The molecule has 0 saturated heterocycles. The number of hydrogen-bond donors (Lipinski definition) is 0. The van der Waals surface area contributed by atoms with Crippen molar-refractivity contribution in [3.05, 3.63) is 34.9 Å². The predicted octanol–water partition coefficient (Wildman–Crippen LogP) is 2.93. The van der Waals surface area contributed by atoms with Crippen LogP contribution in [-0.2, 0) is 11.3 Å². The molecular weight excluding hydrogens is 233 g/mol. The lowest BCUT2D eigenvalue weighted by Crippen LogP contribution is -2.31. The third-order valence-electron chi connectivity index (χ3n) is 2.14.